The quantitative estimate of drug-likeness (QED) is 0.816. The summed E-state index contributed by atoms with van der Waals surface area (Å²) in [6.07, 6.45) is 2.29. The Morgan fingerprint density at radius 2 is 2.37 bits per heavy atom. The summed E-state index contributed by atoms with van der Waals surface area (Å²) < 4.78 is 10.2. The summed E-state index contributed by atoms with van der Waals surface area (Å²) in [4.78, 5) is 14.2. The van der Waals surface area contributed by atoms with E-state index in [9.17, 15) is 4.79 Å². The third-order valence-electron chi connectivity index (χ3n) is 3.64. The molecule has 0 spiro atoms. The molecule has 0 atom stereocenters. The summed E-state index contributed by atoms with van der Waals surface area (Å²) in [5, 5.41) is 6.80. The maximum atomic E-state index is 11.9. The van der Waals surface area contributed by atoms with Gasteiger partial charge in [-0.25, -0.2) is 0 Å². The van der Waals surface area contributed by atoms with Gasteiger partial charge in [0, 0.05) is 38.7 Å². The zero-order chi connectivity index (χ0) is 13.2. The molecule has 0 aromatic carbocycles. The molecule has 0 bridgehead atoms. The molecule has 6 heteroatoms. The number of rotatable bonds is 6. The lowest BCUT2D eigenvalue weighted by molar-refractivity contribution is 0.0690. The summed E-state index contributed by atoms with van der Waals surface area (Å²) in [7, 11) is 1.70. The second kappa shape index (κ2) is 5.30. The predicted molar refractivity (Wildman–Crippen MR) is 68.0 cm³/mol. The number of carbonyl (C=O) groups excluding carboxylic acids is 1. The van der Waals surface area contributed by atoms with E-state index in [1.54, 1.807) is 13.2 Å². The Kier molecular flexibility index (Phi) is 3.52. The van der Waals surface area contributed by atoms with Gasteiger partial charge in [0.25, 0.3) is 5.91 Å². The van der Waals surface area contributed by atoms with Crippen molar-refractivity contribution in [2.75, 3.05) is 33.4 Å². The summed E-state index contributed by atoms with van der Waals surface area (Å²) in [5.41, 5.74) is 0.400. The van der Waals surface area contributed by atoms with E-state index in [1.165, 1.54) is 0 Å². The van der Waals surface area contributed by atoms with Crippen LogP contribution < -0.4 is 5.32 Å². The summed E-state index contributed by atoms with van der Waals surface area (Å²) in [6, 6.07) is 1.99. The van der Waals surface area contributed by atoms with Gasteiger partial charge in [0.2, 0.25) is 0 Å². The third kappa shape index (κ3) is 2.96. The minimum absolute atomic E-state index is 0.132. The first-order valence-electron chi connectivity index (χ1n) is 6.75. The lowest BCUT2D eigenvalue weighted by Gasteiger charge is -2.39. The van der Waals surface area contributed by atoms with Gasteiger partial charge in [0.1, 0.15) is 5.76 Å². The fourth-order valence-electron chi connectivity index (χ4n) is 2.28. The highest BCUT2D eigenvalue weighted by Gasteiger charge is 2.31. The van der Waals surface area contributed by atoms with Crippen molar-refractivity contribution in [1.82, 2.24) is 15.4 Å². The van der Waals surface area contributed by atoms with Crippen molar-refractivity contribution in [1.29, 1.82) is 0 Å². The Bertz CT molecular complexity index is 450. The normalized spacial score (nSPS) is 20.3. The van der Waals surface area contributed by atoms with Crippen molar-refractivity contribution in [3.8, 4) is 0 Å². The molecule has 2 aliphatic rings. The van der Waals surface area contributed by atoms with Crippen LogP contribution in [0.25, 0.3) is 0 Å². The Morgan fingerprint density at radius 1 is 1.58 bits per heavy atom. The Morgan fingerprint density at radius 3 is 3.05 bits per heavy atom. The predicted octanol–water partition coefficient (Wildman–Crippen LogP) is 0.612. The molecule has 1 aromatic heterocycles. The number of carbonyl (C=O) groups is 1. The van der Waals surface area contributed by atoms with Gasteiger partial charge in [-0.2, -0.15) is 0 Å². The van der Waals surface area contributed by atoms with Gasteiger partial charge < -0.3 is 14.6 Å². The molecule has 2 fully saturated rings. The molecule has 1 aromatic rings. The number of methoxy groups -OCH3 is 1. The highest BCUT2D eigenvalue weighted by atomic mass is 16.5. The average molecular weight is 265 g/mol. The molecule has 104 valence electrons. The summed E-state index contributed by atoms with van der Waals surface area (Å²) in [5.74, 6) is 1.20. The van der Waals surface area contributed by atoms with Crippen LogP contribution in [0.15, 0.2) is 10.6 Å². The zero-order valence-electron chi connectivity index (χ0n) is 11.1. The number of nitrogens with one attached hydrogen (secondary N) is 1. The van der Waals surface area contributed by atoms with E-state index in [-0.39, 0.29) is 11.9 Å². The first kappa shape index (κ1) is 12.6. The number of hydrogen-bond acceptors (Lipinski definition) is 5. The standard InChI is InChI=1S/C13H19N3O3/c1-18-5-4-16-7-10(8-16)14-13(17)11-6-12(19-15-11)9-2-3-9/h6,9-10H,2-5,7-8H2,1H3,(H,14,17). The van der Waals surface area contributed by atoms with E-state index < -0.39 is 0 Å². The Hall–Kier alpha value is -1.40. The van der Waals surface area contributed by atoms with E-state index in [1.807, 2.05) is 0 Å². The fraction of sp³-hybridized carbons (Fsp3) is 0.692. The summed E-state index contributed by atoms with van der Waals surface area (Å²) in [6.45, 7) is 3.40. The maximum absolute atomic E-state index is 11.9. The van der Waals surface area contributed by atoms with Crippen LogP contribution in [-0.4, -0.2) is 55.4 Å². The smallest absolute Gasteiger partial charge is 0.273 e. The molecule has 19 heavy (non-hydrogen) atoms. The van der Waals surface area contributed by atoms with E-state index in [0.717, 1.165) is 44.8 Å². The highest BCUT2D eigenvalue weighted by Crippen LogP contribution is 2.40. The van der Waals surface area contributed by atoms with Gasteiger partial charge >= 0.3 is 0 Å². The SMILES string of the molecule is COCCN1CC(NC(=O)c2cc(C3CC3)on2)C1. The van der Waals surface area contributed by atoms with Crippen molar-refractivity contribution in [3.05, 3.63) is 17.5 Å². The van der Waals surface area contributed by atoms with Crippen LogP contribution in [0.4, 0.5) is 0 Å². The van der Waals surface area contributed by atoms with Crippen LogP contribution in [0.1, 0.15) is 35.0 Å². The monoisotopic (exact) mass is 265 g/mol. The molecule has 1 saturated carbocycles. The molecular weight excluding hydrogens is 246 g/mol. The molecule has 3 rings (SSSR count). The number of ether oxygens (including phenoxy) is 1. The topological polar surface area (TPSA) is 67.6 Å². The van der Waals surface area contributed by atoms with Gasteiger partial charge in [-0.15, -0.1) is 0 Å². The number of aromatic nitrogens is 1. The number of likely N-dealkylation sites (tertiary alicyclic amines) is 1. The minimum Gasteiger partial charge on any atom is -0.383 e. The number of hydrogen-bond donors (Lipinski definition) is 1. The molecule has 0 unspecified atom stereocenters. The molecule has 6 nitrogen and oxygen atoms in total. The fourth-order valence-corrected chi connectivity index (χ4v) is 2.28. The minimum atomic E-state index is -0.132. The summed E-state index contributed by atoms with van der Waals surface area (Å²) >= 11 is 0. The van der Waals surface area contributed by atoms with E-state index in [4.69, 9.17) is 9.26 Å². The third-order valence-corrected chi connectivity index (χ3v) is 3.64. The van der Waals surface area contributed by atoms with Crippen LogP contribution in [0.2, 0.25) is 0 Å². The second-order valence-electron chi connectivity index (χ2n) is 5.31. The second-order valence-corrected chi connectivity index (χ2v) is 5.31. The Labute approximate surface area is 112 Å². The molecule has 2 heterocycles. The van der Waals surface area contributed by atoms with Crippen LogP contribution in [0.3, 0.4) is 0 Å². The number of amides is 1. The molecule has 1 amide bonds. The number of nitrogens with zero attached hydrogens (tertiary/aromatic N) is 2. The van der Waals surface area contributed by atoms with E-state index >= 15 is 0 Å². The van der Waals surface area contributed by atoms with Crippen LogP contribution in [-0.2, 0) is 4.74 Å². The first-order valence-corrected chi connectivity index (χ1v) is 6.75. The van der Waals surface area contributed by atoms with Gasteiger partial charge in [-0.3, -0.25) is 9.69 Å². The average Bonchev–Trinajstić information content (AvgIpc) is 3.09. The highest BCUT2D eigenvalue weighted by molar-refractivity contribution is 5.92. The van der Waals surface area contributed by atoms with Crippen molar-refractivity contribution >= 4 is 5.91 Å². The van der Waals surface area contributed by atoms with Crippen LogP contribution in [0.5, 0.6) is 0 Å². The van der Waals surface area contributed by atoms with E-state index in [2.05, 4.69) is 15.4 Å². The van der Waals surface area contributed by atoms with Gasteiger partial charge in [0.15, 0.2) is 5.69 Å². The molecule has 1 saturated heterocycles. The van der Waals surface area contributed by atoms with Crippen molar-refractivity contribution in [3.63, 3.8) is 0 Å². The van der Waals surface area contributed by atoms with Gasteiger partial charge in [-0.1, -0.05) is 5.16 Å². The van der Waals surface area contributed by atoms with Gasteiger partial charge in [0.05, 0.1) is 12.6 Å². The van der Waals surface area contributed by atoms with Crippen molar-refractivity contribution < 1.29 is 14.1 Å². The van der Waals surface area contributed by atoms with Crippen LogP contribution in [0, 0.1) is 0 Å². The van der Waals surface area contributed by atoms with Crippen molar-refractivity contribution in [2.24, 2.45) is 0 Å². The molecule has 0 radical (unpaired) electrons. The lowest BCUT2D eigenvalue weighted by Crippen LogP contribution is -2.59. The largest absolute Gasteiger partial charge is 0.383 e. The molecule has 1 N–H and O–H groups in total. The van der Waals surface area contributed by atoms with Crippen LogP contribution >= 0.6 is 0 Å². The van der Waals surface area contributed by atoms with Crippen molar-refractivity contribution in [2.45, 2.75) is 24.8 Å². The van der Waals surface area contributed by atoms with E-state index in [0.29, 0.717) is 11.6 Å². The Balaban J connectivity index is 1.44. The molecule has 1 aliphatic heterocycles. The maximum Gasteiger partial charge on any atom is 0.273 e. The molecule has 1 aliphatic carbocycles. The molecular formula is C13H19N3O3. The lowest BCUT2D eigenvalue weighted by atomic mass is 10.1. The zero-order valence-corrected chi connectivity index (χ0v) is 11.1. The van der Waals surface area contributed by atoms with Gasteiger partial charge in [-0.05, 0) is 12.8 Å². The first-order chi connectivity index (χ1) is 9.26.